The number of Topliss-reactive ketones (excluding diaryl/α,β-unsaturated/α-hetero) is 3. The van der Waals surface area contributed by atoms with Crippen molar-refractivity contribution in [1.29, 1.82) is 0 Å². The summed E-state index contributed by atoms with van der Waals surface area (Å²) in [6.45, 7) is 7.67. The van der Waals surface area contributed by atoms with E-state index in [2.05, 4.69) is 77.4 Å². The van der Waals surface area contributed by atoms with Gasteiger partial charge in [0.05, 0.1) is 36.9 Å². The van der Waals surface area contributed by atoms with Crippen molar-refractivity contribution in [2.45, 2.75) is 250 Å². The Morgan fingerprint density at radius 1 is 0.480 bits per heavy atom. The number of ether oxygens (including phenoxy) is 3. The van der Waals surface area contributed by atoms with E-state index in [-0.39, 0.29) is 203 Å². The molecule has 0 saturated heterocycles. The molecule has 4 aromatic heterocycles. The fourth-order valence-corrected chi connectivity index (χ4v) is 29.0. The lowest BCUT2D eigenvalue weighted by molar-refractivity contribution is -0.294. The van der Waals surface area contributed by atoms with E-state index in [9.17, 15) is 86.8 Å². The molecule has 12 aliphatic carbocycles. The highest BCUT2D eigenvalue weighted by atomic mass is 79.9. The van der Waals surface area contributed by atoms with Crippen molar-refractivity contribution in [3.63, 3.8) is 0 Å². The molecule has 0 bridgehead atoms. The van der Waals surface area contributed by atoms with Gasteiger partial charge in [0, 0.05) is 69.8 Å². The summed E-state index contributed by atoms with van der Waals surface area (Å²) in [5.41, 5.74) is -7.86. The third-order valence-electron chi connectivity index (χ3n) is 34.1. The van der Waals surface area contributed by atoms with Gasteiger partial charge in [0.2, 0.25) is 0 Å². The standard InChI is InChI=1S/2C29H36F5N3O3.C23H34BrF3O3.C5H4N4.CH4.2F2.FH/c1-26-10-9-19-17(4-3-16-13-28(39,29(32,33)34)12-11-27(16,19)15-40-2)18(26)5-6-20(26)23(38)14-37-22-8-7-21(30)24(31)25(22)35-36-37;1-26-10-9-19-17(4-3-16-13-28(39,29(32,33)34)12-11-27(16,19)15-40-2)18(26)5-6-20(26)23(38)14-37-35-22-8-7-21(30)24(31)25(22)36-37;1-20-8-7-17-15(16(20)5-6-18(20)19(28)12-24)4-3-14-11-22(29,23(25,26)27)10-9-21(14,17)13-30-2;1-2-7-5-4(6-1)3-8-9-5;;2*1-2;/h2*7-8,16-20,39H,3-6,9-15H2,1-2H3;14-18,29H,3-13H2,1-2H3;1-3H,(H,7,8,9);1H4;;;1H/t2*16-,17+,18+,19+,20-,26+,27-,28-;14-,15+,16+,17+,18-,20+,21-,22-;;;;;/m111...../s1. The minimum Gasteiger partial charge on any atom is -0.384 e. The average molecular weight is 1870 g/mol. The lowest BCUT2D eigenvalue weighted by Gasteiger charge is -2.62. The van der Waals surface area contributed by atoms with Gasteiger partial charge in [-0.25, -0.2) is 32.2 Å². The fraction of sp³-hybridized carbons (Fsp3) is 0.770. The number of hydrogen-bond acceptors (Lipinski definition) is 16. The maximum Gasteiger partial charge on any atom is 0.417 e. The number of aliphatic hydroxyl groups is 3. The minimum atomic E-state index is -4.65. The lowest BCUT2D eigenvalue weighted by Crippen LogP contribution is -2.61. The Labute approximate surface area is 721 Å². The molecule has 2 aromatic carbocycles. The topological polar surface area (TPSA) is 255 Å². The maximum absolute atomic E-state index is 14.1. The van der Waals surface area contributed by atoms with Gasteiger partial charge in [-0.1, -0.05) is 49.3 Å². The molecule has 12 saturated carbocycles. The van der Waals surface area contributed by atoms with E-state index >= 15 is 0 Å². The van der Waals surface area contributed by atoms with Crippen molar-refractivity contribution >= 4 is 66.5 Å². The fourth-order valence-electron chi connectivity index (χ4n) is 28.6. The lowest BCUT2D eigenvalue weighted by atomic mass is 9.43. The van der Waals surface area contributed by atoms with Crippen molar-refractivity contribution in [2.75, 3.05) is 46.5 Å². The second-order valence-electron chi connectivity index (χ2n) is 38.8. The first-order valence-electron chi connectivity index (χ1n) is 42.9. The number of carbonyl (C=O) groups excluding carboxylic acids is 3. The van der Waals surface area contributed by atoms with Crippen LogP contribution < -0.4 is 0 Å². The first-order chi connectivity index (χ1) is 58.2. The molecule has 0 amide bonds. The Balaban J connectivity index is 0.000000170. The number of hydrogen-bond donors (Lipinski definition) is 4. The van der Waals surface area contributed by atoms with Crippen LogP contribution in [0.4, 0.5) is 80.1 Å². The van der Waals surface area contributed by atoms with Crippen LogP contribution >= 0.6 is 15.9 Å². The van der Waals surface area contributed by atoms with Gasteiger partial charge in [0.15, 0.2) is 68.3 Å². The molecule has 12 fully saturated rings. The van der Waals surface area contributed by atoms with Crippen molar-refractivity contribution in [3.8, 4) is 0 Å². The highest BCUT2D eigenvalue weighted by Crippen LogP contribution is 2.73. The number of benzene rings is 2. The summed E-state index contributed by atoms with van der Waals surface area (Å²) in [5.74, 6) is -2.29. The van der Waals surface area contributed by atoms with Gasteiger partial charge in [0.25, 0.3) is 0 Å². The van der Waals surface area contributed by atoms with E-state index in [1.165, 1.54) is 16.8 Å². The molecule has 0 spiro atoms. The largest absolute Gasteiger partial charge is 0.417 e. The SMILES string of the molecule is C.COC[C@]12CC[C@](O)(C(F)(F)F)C[C@H]1CC[C@H]1[C@@H]3CC[C@H](C(=O)CBr)[C@@]3(C)CC[C@@H]12.COC[C@]12CC[C@](O)(C(F)(F)F)C[C@H]1CC[C@H]1[C@@H]3CC[C@H](C(=O)Cn4nc5ccc(F)c(F)c5n4)[C@@]3(C)CC[C@@H]12.COC[C@]12CC[C@](O)(C(F)(F)F)C[C@H]1CC[C@H]1[C@@H]3CC[C@H](C(=O)Cn4nnc5c(F)c(F)ccc54)[C@@]3(C)CC[C@@H]12.F.FF.FF.c1cnc2[nH]ncc2n1. The van der Waals surface area contributed by atoms with E-state index < -0.39 is 69.4 Å². The van der Waals surface area contributed by atoms with Gasteiger partial charge >= 0.3 is 18.5 Å². The molecule has 4 heterocycles. The van der Waals surface area contributed by atoms with Crippen molar-refractivity contribution in [3.05, 3.63) is 66.1 Å². The van der Waals surface area contributed by atoms with E-state index in [0.717, 1.165) is 112 Å². The smallest absolute Gasteiger partial charge is 0.384 e. The first-order valence-corrected chi connectivity index (χ1v) is 44.0. The van der Waals surface area contributed by atoms with Gasteiger partial charge < -0.3 is 29.5 Å². The number of fused-ring (bicyclic) bond motifs is 18. The number of carbonyl (C=O) groups is 3. The van der Waals surface area contributed by atoms with Crippen LogP contribution in [-0.2, 0) is 41.7 Å². The molecule has 38 heteroatoms. The molecule has 6 aromatic rings. The number of aromatic amines is 1. The molecule has 0 aliphatic heterocycles. The summed E-state index contributed by atoms with van der Waals surface area (Å²) in [5, 5.41) is 54.3. The third kappa shape index (κ3) is 17.2. The predicted molar refractivity (Wildman–Crippen MR) is 426 cm³/mol. The molecule has 18 rings (SSSR count). The number of rotatable bonds is 14. The zero-order valence-corrected chi connectivity index (χ0v) is 71.6. The Hall–Kier alpha value is -6.22. The summed E-state index contributed by atoms with van der Waals surface area (Å²) in [7, 11) is 4.85. The highest BCUT2D eigenvalue weighted by molar-refractivity contribution is 9.09. The number of methoxy groups -OCH3 is 3. The van der Waals surface area contributed by atoms with Crippen molar-refractivity contribution < 1.29 is 124 Å². The molecule has 19 nitrogen and oxygen atoms in total. The van der Waals surface area contributed by atoms with Crippen LogP contribution in [0.2, 0.25) is 0 Å². The summed E-state index contributed by atoms with van der Waals surface area (Å²) < 4.78 is 229. The van der Waals surface area contributed by atoms with Gasteiger partial charge in [-0.3, -0.25) is 24.2 Å². The number of alkyl halides is 10. The summed E-state index contributed by atoms with van der Waals surface area (Å²) >= 11 is 3.35. The number of ketones is 3. The molecule has 700 valence electrons. The third-order valence-corrected chi connectivity index (χ3v) is 34.7. The molecule has 24 atom stereocenters. The Kier molecular flexibility index (Phi) is 29.9. The summed E-state index contributed by atoms with van der Waals surface area (Å²) in [4.78, 5) is 49.0. The molecular formula is C87H115BrF18N10O9. The van der Waals surface area contributed by atoms with Crippen LogP contribution in [0, 0.1) is 145 Å². The van der Waals surface area contributed by atoms with Crippen LogP contribution in [0.15, 0.2) is 42.9 Å². The van der Waals surface area contributed by atoms with Gasteiger partial charge in [-0.05, 0) is 301 Å². The van der Waals surface area contributed by atoms with Gasteiger partial charge in [0.1, 0.15) is 29.9 Å². The van der Waals surface area contributed by atoms with Crippen LogP contribution in [0.5, 0.6) is 0 Å². The van der Waals surface area contributed by atoms with Crippen molar-refractivity contribution in [1.82, 2.24) is 50.2 Å². The van der Waals surface area contributed by atoms with E-state index in [1.54, 1.807) is 39.9 Å². The number of nitrogens with one attached hydrogen (secondary N) is 1. The van der Waals surface area contributed by atoms with Gasteiger partial charge in [-0.2, -0.15) is 54.5 Å². The Bertz CT molecular complexity index is 4700. The normalized spacial score (nSPS) is 37.8. The molecule has 4 N–H and O–H groups in total. The maximum atomic E-state index is 14.1. The quantitative estimate of drug-likeness (QED) is 0.0584. The van der Waals surface area contributed by atoms with E-state index in [4.69, 9.17) is 32.5 Å². The summed E-state index contributed by atoms with van der Waals surface area (Å²) in [6, 6.07) is 4.70. The zero-order valence-electron chi connectivity index (χ0n) is 70.1. The second-order valence-corrected chi connectivity index (χ2v) is 39.4. The number of H-pyrrole nitrogens is 1. The highest BCUT2D eigenvalue weighted by Gasteiger charge is 2.71. The van der Waals surface area contributed by atoms with Crippen LogP contribution in [0.25, 0.3) is 33.2 Å². The van der Waals surface area contributed by atoms with E-state index in [1.807, 2.05) is 0 Å². The molecule has 0 unspecified atom stereocenters. The molecule has 0 radical (unpaired) electrons. The Morgan fingerprint density at radius 3 is 1.26 bits per heavy atom. The number of nitrogens with zero attached hydrogens (tertiary/aromatic N) is 9. The van der Waals surface area contributed by atoms with Crippen LogP contribution in [0.1, 0.15) is 202 Å². The van der Waals surface area contributed by atoms with Crippen molar-refractivity contribution in [2.24, 2.45) is 121 Å². The zero-order chi connectivity index (χ0) is 89.4. The molecule has 12 aliphatic rings. The first kappa shape index (κ1) is 99.4. The van der Waals surface area contributed by atoms with E-state index in [0.29, 0.717) is 87.2 Å². The Morgan fingerprint density at radius 2 is 0.864 bits per heavy atom. The van der Waals surface area contributed by atoms with Gasteiger partial charge in [-0.15, -0.1) is 10.2 Å². The van der Waals surface area contributed by atoms with Crippen LogP contribution in [0.3, 0.4) is 0 Å². The predicted octanol–water partition coefficient (Wildman–Crippen LogP) is 20.1. The monoisotopic (exact) mass is 1860 g/mol. The molecule has 125 heavy (non-hydrogen) atoms. The minimum absolute atomic E-state index is 0. The number of halogens is 19. The number of aromatic nitrogens is 10. The molecular weight excluding hydrogens is 1750 g/mol. The summed E-state index contributed by atoms with van der Waals surface area (Å²) in [6.07, 6.45) is 5.01. The average Bonchev–Trinajstić information content (AvgIpc) is 1.69. The second kappa shape index (κ2) is 37.6. The van der Waals surface area contributed by atoms with Crippen LogP contribution in [-0.4, -0.2) is 165 Å².